The molecule has 1 aromatic heterocycles. The predicted octanol–water partition coefficient (Wildman–Crippen LogP) is 0.0183. The maximum atomic E-state index is 10.8. The van der Waals surface area contributed by atoms with E-state index >= 15 is 0 Å². The summed E-state index contributed by atoms with van der Waals surface area (Å²) >= 11 is 1.23. The first-order valence-electron chi connectivity index (χ1n) is 5.78. The van der Waals surface area contributed by atoms with Crippen LogP contribution in [0.3, 0.4) is 0 Å². The predicted molar refractivity (Wildman–Crippen MR) is 66.1 cm³/mol. The first-order valence-corrected chi connectivity index (χ1v) is 6.60. The summed E-state index contributed by atoms with van der Waals surface area (Å²) in [5.74, 6) is -1.12. The van der Waals surface area contributed by atoms with E-state index in [9.17, 15) is 9.90 Å². The highest BCUT2D eigenvalue weighted by Gasteiger charge is 2.25. The van der Waals surface area contributed by atoms with E-state index in [4.69, 9.17) is 0 Å². The Hall–Kier alpha value is -0.940. The van der Waals surface area contributed by atoms with Gasteiger partial charge < -0.3 is 14.8 Å². The van der Waals surface area contributed by atoms with Gasteiger partial charge in [0.15, 0.2) is 0 Å². The highest BCUT2D eigenvalue weighted by Crippen LogP contribution is 2.16. The SMILES string of the molecule is CC[NH+](Cc1nc(C)c(C(=O)[O-])s1)C(C)(C)C. The Morgan fingerprint density at radius 1 is 1.47 bits per heavy atom. The van der Waals surface area contributed by atoms with Gasteiger partial charge in [0.25, 0.3) is 0 Å². The van der Waals surface area contributed by atoms with Crippen molar-refractivity contribution in [3.63, 3.8) is 0 Å². The Morgan fingerprint density at radius 3 is 2.41 bits per heavy atom. The van der Waals surface area contributed by atoms with Crippen molar-refractivity contribution < 1.29 is 14.8 Å². The van der Waals surface area contributed by atoms with Crippen molar-refractivity contribution in [3.05, 3.63) is 15.6 Å². The molecule has 0 aromatic carbocycles. The van der Waals surface area contributed by atoms with Crippen LogP contribution in [0.4, 0.5) is 0 Å². The quantitative estimate of drug-likeness (QED) is 0.826. The molecule has 0 radical (unpaired) electrons. The van der Waals surface area contributed by atoms with Gasteiger partial charge >= 0.3 is 0 Å². The number of nitrogens with zero attached hydrogens (tertiary/aromatic N) is 1. The molecule has 4 nitrogen and oxygen atoms in total. The molecule has 0 aliphatic carbocycles. The number of rotatable bonds is 4. The van der Waals surface area contributed by atoms with Gasteiger partial charge in [-0.15, -0.1) is 11.3 Å². The van der Waals surface area contributed by atoms with E-state index in [1.165, 1.54) is 16.2 Å². The number of aryl methyl sites for hydroxylation is 1. The number of thiazole rings is 1. The van der Waals surface area contributed by atoms with Gasteiger partial charge in [0.1, 0.15) is 11.6 Å². The zero-order chi connectivity index (χ0) is 13.2. The number of carbonyl (C=O) groups excluding carboxylic acids is 1. The molecular formula is C12H20N2O2S. The van der Waals surface area contributed by atoms with Crippen LogP contribution >= 0.6 is 11.3 Å². The van der Waals surface area contributed by atoms with Crippen molar-refractivity contribution >= 4 is 17.3 Å². The molecule has 96 valence electrons. The van der Waals surface area contributed by atoms with Crippen LogP contribution in [0.1, 0.15) is 48.1 Å². The maximum Gasteiger partial charge on any atom is 0.148 e. The van der Waals surface area contributed by atoms with Crippen LogP contribution in [0, 0.1) is 6.92 Å². The molecule has 0 bridgehead atoms. The summed E-state index contributed by atoms with van der Waals surface area (Å²) in [6, 6.07) is 0. The molecule has 1 rings (SSSR count). The van der Waals surface area contributed by atoms with Crippen molar-refractivity contribution in [2.24, 2.45) is 0 Å². The summed E-state index contributed by atoms with van der Waals surface area (Å²) in [4.78, 5) is 16.8. The molecule has 0 amide bonds. The average Bonchev–Trinajstić information content (AvgIpc) is 2.54. The molecular weight excluding hydrogens is 236 g/mol. The second-order valence-electron chi connectivity index (χ2n) is 5.19. The standard InChI is InChI=1S/C12H20N2O2S/c1-6-14(12(3,4)5)7-9-13-8(2)10(17-9)11(15)16/h6-7H2,1-5H3,(H,15,16). The van der Waals surface area contributed by atoms with Gasteiger partial charge in [0, 0.05) is 0 Å². The topological polar surface area (TPSA) is 57.5 Å². The summed E-state index contributed by atoms with van der Waals surface area (Å²) in [6.45, 7) is 12.1. The van der Waals surface area contributed by atoms with E-state index < -0.39 is 5.97 Å². The Labute approximate surface area is 106 Å². The van der Waals surface area contributed by atoms with Crippen LogP contribution in [0.25, 0.3) is 0 Å². The van der Waals surface area contributed by atoms with Crippen molar-refractivity contribution in [1.29, 1.82) is 0 Å². The lowest BCUT2D eigenvalue weighted by molar-refractivity contribution is -0.958. The number of carbonyl (C=O) groups is 1. The largest absolute Gasteiger partial charge is 0.544 e. The number of nitrogens with one attached hydrogen (secondary N) is 1. The molecule has 1 N–H and O–H groups in total. The Kier molecular flexibility index (Phi) is 4.27. The van der Waals surface area contributed by atoms with Crippen LogP contribution in [0.5, 0.6) is 0 Å². The molecule has 0 aliphatic rings. The highest BCUT2D eigenvalue weighted by molar-refractivity contribution is 7.13. The van der Waals surface area contributed by atoms with Gasteiger partial charge in [-0.25, -0.2) is 4.98 Å². The molecule has 1 atom stereocenters. The summed E-state index contributed by atoms with van der Waals surface area (Å²) in [5.41, 5.74) is 0.699. The number of hydrogen-bond acceptors (Lipinski definition) is 4. The average molecular weight is 256 g/mol. The minimum atomic E-state index is -1.12. The maximum absolute atomic E-state index is 10.8. The van der Waals surface area contributed by atoms with Gasteiger partial charge in [-0.2, -0.15) is 0 Å². The van der Waals surface area contributed by atoms with Gasteiger partial charge in [0.2, 0.25) is 0 Å². The summed E-state index contributed by atoms with van der Waals surface area (Å²) in [7, 11) is 0. The number of aromatic nitrogens is 1. The third kappa shape index (κ3) is 3.51. The molecule has 0 spiro atoms. The van der Waals surface area contributed by atoms with E-state index in [0.717, 1.165) is 18.1 Å². The van der Waals surface area contributed by atoms with E-state index in [0.29, 0.717) is 5.69 Å². The first kappa shape index (κ1) is 14.1. The third-order valence-electron chi connectivity index (χ3n) is 2.88. The Bertz CT molecular complexity index is 407. The lowest BCUT2D eigenvalue weighted by Gasteiger charge is -2.30. The van der Waals surface area contributed by atoms with Crippen LogP contribution in [-0.4, -0.2) is 23.0 Å². The van der Waals surface area contributed by atoms with Crippen LogP contribution in [-0.2, 0) is 6.54 Å². The molecule has 5 heteroatoms. The van der Waals surface area contributed by atoms with Crippen molar-refractivity contribution in [2.45, 2.75) is 46.7 Å². The fraction of sp³-hybridized carbons (Fsp3) is 0.667. The molecule has 1 unspecified atom stereocenters. The van der Waals surface area contributed by atoms with Gasteiger partial charge in [0.05, 0.1) is 28.6 Å². The first-order chi connectivity index (χ1) is 7.75. The second-order valence-corrected chi connectivity index (χ2v) is 6.28. The number of carboxylic acids is 1. The van der Waals surface area contributed by atoms with E-state index in [1.54, 1.807) is 6.92 Å². The third-order valence-corrected chi connectivity index (χ3v) is 4.02. The Morgan fingerprint density at radius 2 is 2.06 bits per heavy atom. The molecule has 0 aliphatic heterocycles. The lowest BCUT2D eigenvalue weighted by atomic mass is 10.1. The summed E-state index contributed by atoms with van der Waals surface area (Å²) in [6.07, 6.45) is 0. The van der Waals surface area contributed by atoms with Gasteiger partial charge in [-0.05, 0) is 34.6 Å². The summed E-state index contributed by atoms with van der Waals surface area (Å²) in [5, 5.41) is 11.7. The van der Waals surface area contributed by atoms with E-state index in [2.05, 4.69) is 32.7 Å². The van der Waals surface area contributed by atoms with E-state index in [1.807, 2.05) is 0 Å². The van der Waals surface area contributed by atoms with Crippen LogP contribution < -0.4 is 10.0 Å². The number of hydrogen-bond donors (Lipinski definition) is 1. The lowest BCUT2D eigenvalue weighted by Crippen LogP contribution is -3.17. The fourth-order valence-corrected chi connectivity index (χ4v) is 2.76. The van der Waals surface area contributed by atoms with E-state index in [-0.39, 0.29) is 10.4 Å². The molecule has 0 saturated heterocycles. The molecule has 1 aromatic rings. The van der Waals surface area contributed by atoms with Crippen LogP contribution in [0.15, 0.2) is 0 Å². The highest BCUT2D eigenvalue weighted by atomic mass is 32.1. The normalized spacial score (nSPS) is 13.7. The zero-order valence-corrected chi connectivity index (χ0v) is 11.9. The molecule has 0 fully saturated rings. The molecule has 17 heavy (non-hydrogen) atoms. The Balaban J connectivity index is 2.88. The van der Waals surface area contributed by atoms with Crippen LogP contribution in [0.2, 0.25) is 0 Å². The molecule has 1 heterocycles. The van der Waals surface area contributed by atoms with Crippen molar-refractivity contribution in [1.82, 2.24) is 4.98 Å². The molecule has 0 saturated carbocycles. The second kappa shape index (κ2) is 5.14. The zero-order valence-electron chi connectivity index (χ0n) is 11.1. The minimum absolute atomic E-state index is 0.135. The minimum Gasteiger partial charge on any atom is -0.544 e. The van der Waals surface area contributed by atoms with Crippen molar-refractivity contribution in [3.8, 4) is 0 Å². The number of carboxylic acid groups (broad SMARTS) is 1. The smallest absolute Gasteiger partial charge is 0.148 e. The monoisotopic (exact) mass is 256 g/mol. The number of quaternary nitrogens is 1. The number of aromatic carboxylic acids is 1. The van der Waals surface area contributed by atoms with Gasteiger partial charge in [-0.1, -0.05) is 0 Å². The fourth-order valence-electron chi connectivity index (χ4n) is 1.82. The van der Waals surface area contributed by atoms with Gasteiger partial charge in [-0.3, -0.25) is 0 Å². The summed E-state index contributed by atoms with van der Waals surface area (Å²) < 4.78 is 0. The van der Waals surface area contributed by atoms with Crippen molar-refractivity contribution in [2.75, 3.05) is 6.54 Å².